The fourth-order valence-electron chi connectivity index (χ4n) is 3.84. The predicted octanol–water partition coefficient (Wildman–Crippen LogP) is 0.0948. The van der Waals surface area contributed by atoms with Gasteiger partial charge in [-0.1, -0.05) is 6.08 Å². The molecular formula is C18H25N5O3. The molecule has 26 heavy (non-hydrogen) atoms. The summed E-state index contributed by atoms with van der Waals surface area (Å²) in [7, 11) is 2.06. The third kappa shape index (κ3) is 3.55. The number of aromatic nitrogens is 2. The number of hydrogen-bond donors (Lipinski definition) is 1. The molecule has 0 aromatic carbocycles. The number of likely N-dealkylation sites (N-methyl/N-ethyl adjacent to an activating group) is 1. The number of likely N-dealkylation sites (tertiary alicyclic amines) is 1. The Morgan fingerprint density at radius 1 is 1.35 bits per heavy atom. The molecule has 0 radical (unpaired) electrons. The molecule has 0 unspecified atom stereocenters. The van der Waals surface area contributed by atoms with E-state index in [1.165, 1.54) is 6.20 Å². The topological polar surface area (TPSA) is 89.6 Å². The molecule has 2 amide bonds. The van der Waals surface area contributed by atoms with Crippen LogP contribution in [0.1, 0.15) is 29.8 Å². The van der Waals surface area contributed by atoms with Crippen LogP contribution in [0, 0.1) is 0 Å². The van der Waals surface area contributed by atoms with Crippen LogP contribution in [0.4, 0.5) is 0 Å². The molecule has 1 spiro atoms. The van der Waals surface area contributed by atoms with Gasteiger partial charge in [-0.05, 0) is 19.9 Å². The Labute approximate surface area is 152 Å². The molecule has 3 rings (SSSR count). The first kappa shape index (κ1) is 18.3. The Bertz CT molecular complexity index is 741. The van der Waals surface area contributed by atoms with Gasteiger partial charge in [0.25, 0.3) is 11.5 Å². The fraction of sp³-hybridized carbons (Fsp3) is 0.556. The Balaban J connectivity index is 1.78. The Kier molecular flexibility index (Phi) is 5.22. The van der Waals surface area contributed by atoms with Crippen molar-refractivity contribution in [2.75, 3.05) is 39.8 Å². The molecule has 0 bridgehead atoms. The van der Waals surface area contributed by atoms with Crippen LogP contribution in [-0.4, -0.2) is 81.8 Å². The highest BCUT2D eigenvalue weighted by molar-refractivity contribution is 5.92. The van der Waals surface area contributed by atoms with Gasteiger partial charge in [0.1, 0.15) is 5.69 Å². The quantitative estimate of drug-likeness (QED) is 0.773. The maximum absolute atomic E-state index is 12.8. The maximum Gasteiger partial charge on any atom is 0.274 e. The van der Waals surface area contributed by atoms with E-state index in [-0.39, 0.29) is 28.6 Å². The van der Waals surface area contributed by atoms with E-state index < -0.39 is 0 Å². The van der Waals surface area contributed by atoms with E-state index in [1.807, 2.05) is 4.90 Å². The zero-order valence-electron chi connectivity index (χ0n) is 15.1. The molecular weight excluding hydrogens is 334 g/mol. The zero-order chi connectivity index (χ0) is 18.7. The average molecular weight is 359 g/mol. The molecule has 1 aromatic heterocycles. The van der Waals surface area contributed by atoms with Crippen LogP contribution in [0.2, 0.25) is 0 Å². The first-order chi connectivity index (χ1) is 12.4. The largest absolute Gasteiger partial charge is 0.339 e. The van der Waals surface area contributed by atoms with Crippen molar-refractivity contribution >= 4 is 11.8 Å². The maximum atomic E-state index is 12.8. The number of carbonyl (C=O) groups is 2. The van der Waals surface area contributed by atoms with Crippen LogP contribution in [0.25, 0.3) is 0 Å². The first-order valence-electron chi connectivity index (χ1n) is 8.89. The Hall–Kier alpha value is -2.48. The van der Waals surface area contributed by atoms with Crippen LogP contribution in [-0.2, 0) is 4.79 Å². The van der Waals surface area contributed by atoms with E-state index in [0.717, 1.165) is 25.6 Å². The number of rotatable bonds is 3. The number of nitrogens with one attached hydrogen (secondary N) is 1. The highest BCUT2D eigenvalue weighted by Crippen LogP contribution is 2.32. The van der Waals surface area contributed by atoms with E-state index in [4.69, 9.17) is 0 Å². The minimum Gasteiger partial charge on any atom is -0.339 e. The molecule has 2 aliphatic heterocycles. The summed E-state index contributed by atoms with van der Waals surface area (Å²) < 4.78 is 0. The second kappa shape index (κ2) is 7.41. The van der Waals surface area contributed by atoms with E-state index in [2.05, 4.69) is 28.5 Å². The number of nitrogens with zero attached hydrogens (tertiary/aromatic N) is 4. The molecule has 8 nitrogen and oxygen atoms in total. The number of piperazine rings is 1. The first-order valence-corrected chi connectivity index (χ1v) is 8.89. The van der Waals surface area contributed by atoms with E-state index in [0.29, 0.717) is 32.6 Å². The van der Waals surface area contributed by atoms with Crippen LogP contribution in [0.3, 0.4) is 0 Å². The van der Waals surface area contributed by atoms with E-state index in [1.54, 1.807) is 11.0 Å². The lowest BCUT2D eigenvalue weighted by Crippen LogP contribution is -2.62. The van der Waals surface area contributed by atoms with Gasteiger partial charge in [-0.2, -0.15) is 0 Å². The van der Waals surface area contributed by atoms with Crippen molar-refractivity contribution in [3.63, 3.8) is 0 Å². The van der Waals surface area contributed by atoms with Gasteiger partial charge in [0.05, 0.1) is 6.20 Å². The van der Waals surface area contributed by atoms with Gasteiger partial charge in [0.15, 0.2) is 0 Å². The van der Waals surface area contributed by atoms with Crippen molar-refractivity contribution in [1.82, 2.24) is 24.7 Å². The van der Waals surface area contributed by atoms with Crippen LogP contribution in [0.5, 0.6) is 0 Å². The van der Waals surface area contributed by atoms with Crippen molar-refractivity contribution in [2.45, 2.75) is 24.8 Å². The van der Waals surface area contributed by atoms with Gasteiger partial charge >= 0.3 is 0 Å². The van der Waals surface area contributed by atoms with Crippen molar-refractivity contribution in [2.24, 2.45) is 0 Å². The van der Waals surface area contributed by atoms with Crippen molar-refractivity contribution in [3.8, 4) is 0 Å². The third-order valence-electron chi connectivity index (χ3n) is 5.53. The molecule has 140 valence electrons. The normalized spacial score (nSPS) is 24.6. The number of amides is 2. The van der Waals surface area contributed by atoms with E-state index in [9.17, 15) is 14.4 Å². The summed E-state index contributed by atoms with van der Waals surface area (Å²) in [5.74, 6) is -0.0480. The summed E-state index contributed by atoms with van der Waals surface area (Å²) in [5, 5.41) is 0. The molecule has 3 heterocycles. The van der Waals surface area contributed by atoms with Crippen molar-refractivity contribution in [3.05, 3.63) is 41.1 Å². The summed E-state index contributed by atoms with van der Waals surface area (Å²) in [6.07, 6.45) is 6.23. The molecule has 1 N–H and O–H groups in total. The van der Waals surface area contributed by atoms with Crippen LogP contribution >= 0.6 is 0 Å². The summed E-state index contributed by atoms with van der Waals surface area (Å²) in [5.41, 5.74) is -0.315. The minimum absolute atomic E-state index is 0.140. The summed E-state index contributed by atoms with van der Waals surface area (Å²) >= 11 is 0. The Morgan fingerprint density at radius 2 is 2.15 bits per heavy atom. The second-order valence-corrected chi connectivity index (χ2v) is 7.05. The lowest BCUT2D eigenvalue weighted by Gasteiger charge is -2.49. The van der Waals surface area contributed by atoms with Gasteiger partial charge in [-0.25, -0.2) is 4.98 Å². The molecule has 1 aromatic rings. The molecule has 2 aliphatic rings. The summed E-state index contributed by atoms with van der Waals surface area (Å²) in [4.78, 5) is 48.6. The SMILES string of the molecule is C=CCN1CC[C@@]2(CCC1=O)CN(C(=O)c1c[nH]c(=O)cn1)CCN2C. The molecule has 1 atom stereocenters. The lowest BCUT2D eigenvalue weighted by molar-refractivity contribution is -0.130. The van der Waals surface area contributed by atoms with Gasteiger partial charge in [-0.3, -0.25) is 19.3 Å². The minimum atomic E-state index is -0.332. The molecule has 0 saturated carbocycles. The van der Waals surface area contributed by atoms with Gasteiger partial charge < -0.3 is 14.8 Å². The second-order valence-electron chi connectivity index (χ2n) is 7.05. The number of carbonyl (C=O) groups excluding carboxylic acids is 2. The average Bonchev–Trinajstić information content (AvgIpc) is 2.79. The van der Waals surface area contributed by atoms with Gasteiger partial charge in [0, 0.05) is 50.9 Å². The van der Waals surface area contributed by atoms with E-state index >= 15 is 0 Å². The molecule has 8 heteroatoms. The van der Waals surface area contributed by atoms with Gasteiger partial charge in [-0.15, -0.1) is 6.58 Å². The Morgan fingerprint density at radius 3 is 2.85 bits per heavy atom. The highest BCUT2D eigenvalue weighted by atomic mass is 16.2. The fourth-order valence-corrected chi connectivity index (χ4v) is 3.84. The lowest BCUT2D eigenvalue weighted by atomic mass is 9.86. The van der Waals surface area contributed by atoms with Crippen molar-refractivity contribution < 1.29 is 9.59 Å². The molecule has 2 saturated heterocycles. The van der Waals surface area contributed by atoms with Crippen LogP contribution in [0.15, 0.2) is 29.8 Å². The standard InChI is InChI=1S/C18H25N5O3/c1-3-7-22-8-6-18(5-4-16(22)25)13-23(10-9-21(18)2)17(26)14-11-20-15(24)12-19-14/h3,11-12H,1,4-10,13H2,2H3,(H,20,24)/t18-/m0/s1. The predicted molar refractivity (Wildman–Crippen MR) is 96.8 cm³/mol. The summed E-state index contributed by atoms with van der Waals surface area (Å²) in [6.45, 7) is 6.84. The van der Waals surface area contributed by atoms with Crippen molar-refractivity contribution in [1.29, 1.82) is 0 Å². The number of hydrogen-bond acceptors (Lipinski definition) is 5. The third-order valence-corrected chi connectivity index (χ3v) is 5.53. The molecule has 2 fully saturated rings. The number of H-pyrrole nitrogens is 1. The smallest absolute Gasteiger partial charge is 0.274 e. The molecule has 0 aliphatic carbocycles. The number of aromatic amines is 1. The highest BCUT2D eigenvalue weighted by Gasteiger charge is 2.43. The van der Waals surface area contributed by atoms with Crippen LogP contribution < -0.4 is 5.56 Å². The summed E-state index contributed by atoms with van der Waals surface area (Å²) in [6, 6.07) is 0. The monoisotopic (exact) mass is 359 g/mol. The zero-order valence-corrected chi connectivity index (χ0v) is 15.1. The van der Waals surface area contributed by atoms with Gasteiger partial charge in [0.2, 0.25) is 5.91 Å².